The molecule has 1 aliphatic rings. The lowest BCUT2D eigenvalue weighted by atomic mass is 10.0. The van der Waals surface area contributed by atoms with Crippen LogP contribution in [0.3, 0.4) is 0 Å². The van der Waals surface area contributed by atoms with E-state index in [4.69, 9.17) is 5.11 Å². The summed E-state index contributed by atoms with van der Waals surface area (Å²) in [5.41, 5.74) is 0.550. The van der Waals surface area contributed by atoms with Crippen LogP contribution >= 0.6 is 0 Å². The van der Waals surface area contributed by atoms with Crippen molar-refractivity contribution in [3.63, 3.8) is 0 Å². The molecule has 1 atom stereocenters. The highest BCUT2D eigenvalue weighted by Crippen LogP contribution is 2.11. The van der Waals surface area contributed by atoms with E-state index in [0.29, 0.717) is 18.5 Å². The van der Waals surface area contributed by atoms with Crippen molar-refractivity contribution in [1.29, 1.82) is 0 Å². The van der Waals surface area contributed by atoms with Gasteiger partial charge in [0.05, 0.1) is 12.0 Å². The van der Waals surface area contributed by atoms with Gasteiger partial charge in [0.15, 0.2) is 0 Å². The van der Waals surface area contributed by atoms with Crippen molar-refractivity contribution in [2.75, 3.05) is 6.54 Å². The van der Waals surface area contributed by atoms with E-state index in [-0.39, 0.29) is 23.8 Å². The molecule has 1 aromatic rings. The molecule has 0 bridgehead atoms. The number of nitrogens with one attached hydrogen (secondary N) is 2. The van der Waals surface area contributed by atoms with Gasteiger partial charge in [0.25, 0.3) is 0 Å². The van der Waals surface area contributed by atoms with Crippen molar-refractivity contribution in [3.05, 3.63) is 35.4 Å². The first-order valence-corrected chi connectivity index (χ1v) is 6.96. The Bertz CT molecular complexity index is 556. The second kappa shape index (κ2) is 6.88. The summed E-state index contributed by atoms with van der Waals surface area (Å²) in [7, 11) is 0. The Kier molecular flexibility index (Phi) is 4.92. The molecule has 0 radical (unpaired) electrons. The molecule has 2 amide bonds. The maximum Gasteiger partial charge on any atom is 0.335 e. The molecule has 1 fully saturated rings. The monoisotopic (exact) mass is 290 g/mol. The topological polar surface area (TPSA) is 95.5 Å². The standard InChI is InChI=1S/C15H18N2O4/c18-13(17-12-7-3-4-8-16-14(12)19)9-10-5-1-2-6-11(10)15(20)21/h1-2,5-6,12H,3-4,7-9H2,(H,16,19)(H,17,18)(H,20,21). The van der Waals surface area contributed by atoms with Gasteiger partial charge in [-0.1, -0.05) is 18.2 Å². The molecular weight excluding hydrogens is 272 g/mol. The van der Waals surface area contributed by atoms with Crippen molar-refractivity contribution in [2.24, 2.45) is 0 Å². The molecule has 1 aromatic carbocycles. The first-order chi connectivity index (χ1) is 10.1. The highest BCUT2D eigenvalue weighted by atomic mass is 16.4. The van der Waals surface area contributed by atoms with Crippen molar-refractivity contribution < 1.29 is 19.5 Å². The number of benzene rings is 1. The quantitative estimate of drug-likeness (QED) is 0.761. The Hall–Kier alpha value is -2.37. The number of carbonyl (C=O) groups excluding carboxylic acids is 2. The molecule has 1 aliphatic heterocycles. The minimum absolute atomic E-state index is 0.0494. The summed E-state index contributed by atoms with van der Waals surface area (Å²) in [6, 6.07) is 5.84. The molecule has 0 saturated carbocycles. The minimum Gasteiger partial charge on any atom is -0.478 e. The summed E-state index contributed by atoms with van der Waals surface area (Å²) < 4.78 is 0. The summed E-state index contributed by atoms with van der Waals surface area (Å²) in [5, 5.41) is 14.5. The minimum atomic E-state index is -1.06. The number of carboxylic acid groups (broad SMARTS) is 1. The fourth-order valence-electron chi connectivity index (χ4n) is 2.38. The number of hydrogen-bond donors (Lipinski definition) is 3. The third-order valence-electron chi connectivity index (χ3n) is 3.47. The number of aromatic carboxylic acids is 1. The number of rotatable bonds is 4. The van der Waals surface area contributed by atoms with E-state index in [2.05, 4.69) is 10.6 Å². The number of hydrogen-bond acceptors (Lipinski definition) is 3. The van der Waals surface area contributed by atoms with Crippen LogP contribution in [0, 0.1) is 0 Å². The smallest absolute Gasteiger partial charge is 0.335 e. The zero-order valence-electron chi connectivity index (χ0n) is 11.6. The van der Waals surface area contributed by atoms with Gasteiger partial charge in [-0.2, -0.15) is 0 Å². The summed E-state index contributed by atoms with van der Waals surface area (Å²) in [5.74, 6) is -1.58. The van der Waals surface area contributed by atoms with Crippen LogP contribution in [-0.2, 0) is 16.0 Å². The average Bonchev–Trinajstić information content (AvgIpc) is 2.64. The van der Waals surface area contributed by atoms with Crippen LogP contribution in [-0.4, -0.2) is 35.5 Å². The lowest BCUT2D eigenvalue weighted by Gasteiger charge is -2.15. The summed E-state index contributed by atoms with van der Waals surface area (Å²) in [6.45, 7) is 0.632. The van der Waals surface area contributed by atoms with Gasteiger partial charge in [-0.3, -0.25) is 9.59 Å². The van der Waals surface area contributed by atoms with Crippen LogP contribution < -0.4 is 10.6 Å². The molecule has 2 rings (SSSR count). The van der Waals surface area contributed by atoms with E-state index >= 15 is 0 Å². The second-order valence-electron chi connectivity index (χ2n) is 5.05. The van der Waals surface area contributed by atoms with Gasteiger partial charge in [0, 0.05) is 6.54 Å². The maximum atomic E-state index is 12.0. The molecule has 6 heteroatoms. The first kappa shape index (κ1) is 15.0. The molecule has 21 heavy (non-hydrogen) atoms. The van der Waals surface area contributed by atoms with E-state index in [0.717, 1.165) is 12.8 Å². The van der Waals surface area contributed by atoms with Gasteiger partial charge in [0.2, 0.25) is 11.8 Å². The van der Waals surface area contributed by atoms with Crippen LogP contribution in [0.25, 0.3) is 0 Å². The SMILES string of the molecule is O=C(Cc1ccccc1C(=O)O)NC1CCCCNC1=O. The predicted molar refractivity (Wildman–Crippen MR) is 75.9 cm³/mol. The molecule has 1 unspecified atom stereocenters. The Morgan fingerprint density at radius 1 is 1.29 bits per heavy atom. The maximum absolute atomic E-state index is 12.0. The van der Waals surface area contributed by atoms with Crippen LogP contribution in [0.4, 0.5) is 0 Å². The van der Waals surface area contributed by atoms with Crippen LogP contribution in [0.2, 0.25) is 0 Å². The molecule has 112 valence electrons. The zero-order valence-corrected chi connectivity index (χ0v) is 11.6. The van der Waals surface area contributed by atoms with E-state index < -0.39 is 12.0 Å². The van der Waals surface area contributed by atoms with Gasteiger partial charge in [-0.05, 0) is 30.9 Å². The highest BCUT2D eigenvalue weighted by molar-refractivity contribution is 5.93. The van der Waals surface area contributed by atoms with Gasteiger partial charge >= 0.3 is 5.97 Å². The van der Waals surface area contributed by atoms with Crippen LogP contribution in [0.1, 0.15) is 35.2 Å². The van der Waals surface area contributed by atoms with Crippen molar-refractivity contribution in [2.45, 2.75) is 31.7 Å². The molecule has 0 aliphatic carbocycles. The fourth-order valence-corrected chi connectivity index (χ4v) is 2.38. The highest BCUT2D eigenvalue weighted by Gasteiger charge is 2.23. The normalized spacial score (nSPS) is 18.5. The van der Waals surface area contributed by atoms with Gasteiger partial charge in [-0.15, -0.1) is 0 Å². The van der Waals surface area contributed by atoms with Crippen LogP contribution in [0.15, 0.2) is 24.3 Å². The lowest BCUT2D eigenvalue weighted by molar-refractivity contribution is -0.128. The largest absolute Gasteiger partial charge is 0.478 e. The van der Waals surface area contributed by atoms with Gasteiger partial charge < -0.3 is 15.7 Å². The zero-order chi connectivity index (χ0) is 15.2. The Morgan fingerprint density at radius 3 is 2.81 bits per heavy atom. The summed E-state index contributed by atoms with van der Waals surface area (Å²) >= 11 is 0. The molecule has 3 N–H and O–H groups in total. The van der Waals surface area contributed by atoms with Crippen LogP contribution in [0.5, 0.6) is 0 Å². The summed E-state index contributed by atoms with van der Waals surface area (Å²) in [4.78, 5) is 34.9. The second-order valence-corrected chi connectivity index (χ2v) is 5.05. The first-order valence-electron chi connectivity index (χ1n) is 6.96. The molecule has 1 saturated heterocycles. The van der Waals surface area contributed by atoms with Gasteiger partial charge in [-0.25, -0.2) is 4.79 Å². The lowest BCUT2D eigenvalue weighted by Crippen LogP contribution is -2.46. The van der Waals surface area contributed by atoms with Gasteiger partial charge in [0.1, 0.15) is 6.04 Å². The number of carboxylic acids is 1. The molecule has 0 aromatic heterocycles. The van der Waals surface area contributed by atoms with Crippen molar-refractivity contribution in [1.82, 2.24) is 10.6 Å². The Labute approximate surface area is 122 Å². The molecule has 6 nitrogen and oxygen atoms in total. The Morgan fingerprint density at radius 2 is 2.05 bits per heavy atom. The van der Waals surface area contributed by atoms with Crippen molar-refractivity contribution in [3.8, 4) is 0 Å². The average molecular weight is 290 g/mol. The third kappa shape index (κ3) is 4.05. The molecule has 1 heterocycles. The number of amides is 2. The molecular formula is C15H18N2O4. The van der Waals surface area contributed by atoms with E-state index in [1.807, 2.05) is 0 Å². The summed E-state index contributed by atoms with van der Waals surface area (Å²) in [6.07, 6.45) is 2.33. The fraction of sp³-hybridized carbons (Fsp3) is 0.400. The van der Waals surface area contributed by atoms with E-state index in [1.54, 1.807) is 18.2 Å². The van der Waals surface area contributed by atoms with E-state index in [1.165, 1.54) is 6.07 Å². The third-order valence-corrected chi connectivity index (χ3v) is 3.47. The van der Waals surface area contributed by atoms with Crippen molar-refractivity contribution >= 4 is 17.8 Å². The molecule has 0 spiro atoms. The predicted octanol–water partition coefficient (Wildman–Crippen LogP) is 0.712. The van der Waals surface area contributed by atoms with E-state index in [9.17, 15) is 14.4 Å². The Balaban J connectivity index is 2.01. The number of carbonyl (C=O) groups is 3.